The third kappa shape index (κ3) is 3.48. The highest BCUT2D eigenvalue weighted by Gasteiger charge is 2.37. The molecule has 4 nitrogen and oxygen atoms in total. The lowest BCUT2D eigenvalue weighted by Crippen LogP contribution is -2.36. The van der Waals surface area contributed by atoms with Gasteiger partial charge in [0, 0.05) is 5.69 Å². The largest absolute Gasteiger partial charge is 0.481 e. The predicted octanol–water partition coefficient (Wildman–Crippen LogP) is 3.21. The van der Waals surface area contributed by atoms with Crippen LogP contribution in [0.5, 0.6) is 0 Å². The van der Waals surface area contributed by atoms with Crippen molar-refractivity contribution in [3.05, 3.63) is 41.2 Å². The first kappa shape index (κ1) is 15.2. The fourth-order valence-corrected chi connectivity index (χ4v) is 2.60. The molecule has 1 aromatic carbocycles. The van der Waals surface area contributed by atoms with Crippen LogP contribution in [-0.4, -0.2) is 17.0 Å². The van der Waals surface area contributed by atoms with Gasteiger partial charge in [-0.05, 0) is 51.0 Å². The Hall–Kier alpha value is -2.17. The average molecular weight is 291 g/mol. The number of amides is 1. The molecular formula is C16H18FNO3. The van der Waals surface area contributed by atoms with Crippen molar-refractivity contribution < 1.29 is 19.1 Å². The number of carbonyl (C=O) groups is 2. The molecule has 0 aromatic heterocycles. The highest BCUT2D eigenvalue weighted by molar-refractivity contribution is 5.95. The minimum Gasteiger partial charge on any atom is -0.481 e. The van der Waals surface area contributed by atoms with Crippen LogP contribution >= 0.6 is 0 Å². The Morgan fingerprint density at radius 3 is 2.14 bits per heavy atom. The lowest BCUT2D eigenvalue weighted by atomic mass is 9.76. The van der Waals surface area contributed by atoms with Gasteiger partial charge in [-0.1, -0.05) is 11.1 Å². The molecule has 2 rings (SSSR count). The molecule has 1 amide bonds. The molecule has 0 bridgehead atoms. The lowest BCUT2D eigenvalue weighted by molar-refractivity contribution is -0.146. The van der Waals surface area contributed by atoms with Gasteiger partial charge in [0.1, 0.15) is 5.82 Å². The van der Waals surface area contributed by atoms with Gasteiger partial charge in [-0.3, -0.25) is 9.59 Å². The van der Waals surface area contributed by atoms with Gasteiger partial charge in [0.05, 0.1) is 11.8 Å². The summed E-state index contributed by atoms with van der Waals surface area (Å²) in [7, 11) is 0. The molecule has 21 heavy (non-hydrogen) atoms. The fraction of sp³-hybridized carbons (Fsp3) is 0.375. The van der Waals surface area contributed by atoms with Crippen molar-refractivity contribution in [3.8, 4) is 0 Å². The molecule has 0 aliphatic heterocycles. The summed E-state index contributed by atoms with van der Waals surface area (Å²) in [5, 5.41) is 12.0. The summed E-state index contributed by atoms with van der Waals surface area (Å²) in [6, 6.07) is 5.42. The van der Waals surface area contributed by atoms with Crippen LogP contribution in [-0.2, 0) is 9.59 Å². The molecule has 0 heterocycles. The van der Waals surface area contributed by atoms with Gasteiger partial charge in [0.25, 0.3) is 0 Å². The zero-order chi connectivity index (χ0) is 15.6. The second-order valence-corrected chi connectivity index (χ2v) is 5.52. The maximum absolute atomic E-state index is 12.8. The number of hydrogen-bond acceptors (Lipinski definition) is 2. The lowest BCUT2D eigenvalue weighted by Gasteiger charge is -2.29. The van der Waals surface area contributed by atoms with Crippen LogP contribution < -0.4 is 5.32 Å². The Bertz CT molecular complexity index is 592. The third-order valence-electron chi connectivity index (χ3n) is 4.03. The monoisotopic (exact) mass is 291 g/mol. The van der Waals surface area contributed by atoms with Crippen molar-refractivity contribution in [2.75, 3.05) is 5.32 Å². The molecule has 0 saturated carbocycles. The Labute approximate surface area is 122 Å². The van der Waals surface area contributed by atoms with E-state index >= 15 is 0 Å². The first-order chi connectivity index (χ1) is 9.88. The molecule has 1 aliphatic carbocycles. The molecule has 1 aromatic rings. The van der Waals surface area contributed by atoms with Crippen molar-refractivity contribution in [2.45, 2.75) is 26.7 Å². The molecule has 112 valence electrons. The molecular weight excluding hydrogens is 273 g/mol. The Morgan fingerprint density at radius 2 is 1.62 bits per heavy atom. The SMILES string of the molecule is CC1=C(C)C[C@@H](C(=O)O)[C@@H](C(=O)Nc2ccc(F)cc2)C1. The standard InChI is InChI=1S/C16H18FNO3/c1-9-7-13(14(16(20)21)8-10(9)2)15(19)18-12-5-3-11(17)4-6-12/h3-6,13-14H,7-8H2,1-2H3,(H,18,19)(H,20,21)/t13-,14+/m0/s1. The van der Waals surface area contributed by atoms with Crippen LogP contribution in [0.2, 0.25) is 0 Å². The van der Waals surface area contributed by atoms with Crippen molar-refractivity contribution in [1.82, 2.24) is 0 Å². The predicted molar refractivity (Wildman–Crippen MR) is 77.3 cm³/mol. The van der Waals surface area contributed by atoms with E-state index in [9.17, 15) is 19.1 Å². The van der Waals surface area contributed by atoms with Crippen LogP contribution in [0.25, 0.3) is 0 Å². The van der Waals surface area contributed by atoms with Crippen molar-refractivity contribution in [3.63, 3.8) is 0 Å². The molecule has 0 fully saturated rings. The summed E-state index contributed by atoms with van der Waals surface area (Å²) in [6.07, 6.45) is 0.832. The summed E-state index contributed by atoms with van der Waals surface area (Å²) in [6.45, 7) is 3.82. The first-order valence-electron chi connectivity index (χ1n) is 6.83. The normalized spacial score (nSPS) is 22.0. The number of anilines is 1. The van der Waals surface area contributed by atoms with Gasteiger partial charge in [0.2, 0.25) is 5.91 Å². The number of carbonyl (C=O) groups excluding carboxylic acids is 1. The van der Waals surface area contributed by atoms with Crippen LogP contribution in [0.1, 0.15) is 26.7 Å². The van der Waals surface area contributed by atoms with E-state index in [4.69, 9.17) is 0 Å². The van der Waals surface area contributed by atoms with E-state index in [1.165, 1.54) is 24.3 Å². The maximum atomic E-state index is 12.8. The molecule has 1 aliphatic rings. The summed E-state index contributed by atoms with van der Waals surface area (Å²) in [5.74, 6) is -2.99. The molecule has 2 atom stereocenters. The number of halogens is 1. The highest BCUT2D eigenvalue weighted by Crippen LogP contribution is 2.35. The van der Waals surface area contributed by atoms with E-state index in [0.29, 0.717) is 18.5 Å². The zero-order valence-corrected chi connectivity index (χ0v) is 12.0. The molecule has 0 unspecified atom stereocenters. The van der Waals surface area contributed by atoms with E-state index in [1.54, 1.807) is 0 Å². The van der Waals surface area contributed by atoms with Gasteiger partial charge < -0.3 is 10.4 Å². The summed E-state index contributed by atoms with van der Waals surface area (Å²) < 4.78 is 12.8. The third-order valence-corrected chi connectivity index (χ3v) is 4.03. The summed E-state index contributed by atoms with van der Waals surface area (Å²) >= 11 is 0. The van der Waals surface area contributed by atoms with Crippen molar-refractivity contribution in [2.24, 2.45) is 11.8 Å². The second-order valence-electron chi connectivity index (χ2n) is 5.52. The van der Waals surface area contributed by atoms with Crippen LogP contribution in [0, 0.1) is 17.7 Å². The molecule has 0 saturated heterocycles. The number of carboxylic acids is 1. The summed E-state index contributed by atoms with van der Waals surface area (Å²) in [5.41, 5.74) is 2.56. The fourth-order valence-electron chi connectivity index (χ4n) is 2.60. The Balaban J connectivity index is 2.16. The smallest absolute Gasteiger partial charge is 0.307 e. The van der Waals surface area contributed by atoms with E-state index in [-0.39, 0.29) is 11.7 Å². The number of allylic oxidation sites excluding steroid dienone is 2. The number of carboxylic acid groups (broad SMARTS) is 1. The number of benzene rings is 1. The molecule has 0 spiro atoms. The van der Waals surface area contributed by atoms with E-state index in [1.807, 2.05) is 13.8 Å². The van der Waals surface area contributed by atoms with E-state index in [0.717, 1.165) is 11.1 Å². The van der Waals surface area contributed by atoms with Crippen molar-refractivity contribution >= 4 is 17.6 Å². The number of nitrogens with one attached hydrogen (secondary N) is 1. The van der Waals surface area contributed by atoms with Gasteiger partial charge in [-0.25, -0.2) is 4.39 Å². The second kappa shape index (κ2) is 6.08. The minimum atomic E-state index is -0.957. The average Bonchev–Trinajstić information content (AvgIpc) is 2.43. The van der Waals surface area contributed by atoms with Crippen molar-refractivity contribution in [1.29, 1.82) is 0 Å². The first-order valence-corrected chi connectivity index (χ1v) is 6.83. The topological polar surface area (TPSA) is 66.4 Å². The van der Waals surface area contributed by atoms with E-state index < -0.39 is 17.8 Å². The van der Waals surface area contributed by atoms with Gasteiger partial charge in [0.15, 0.2) is 0 Å². The molecule has 2 N–H and O–H groups in total. The van der Waals surface area contributed by atoms with E-state index in [2.05, 4.69) is 5.32 Å². The number of rotatable bonds is 3. The van der Waals surface area contributed by atoms with Crippen LogP contribution in [0.4, 0.5) is 10.1 Å². The van der Waals surface area contributed by atoms with Crippen LogP contribution in [0.3, 0.4) is 0 Å². The maximum Gasteiger partial charge on any atom is 0.307 e. The number of hydrogen-bond donors (Lipinski definition) is 2. The highest BCUT2D eigenvalue weighted by atomic mass is 19.1. The Kier molecular flexibility index (Phi) is 4.40. The molecule has 0 radical (unpaired) electrons. The van der Waals surface area contributed by atoms with Gasteiger partial charge in [-0.15, -0.1) is 0 Å². The zero-order valence-electron chi connectivity index (χ0n) is 12.0. The Morgan fingerprint density at radius 1 is 1.10 bits per heavy atom. The molecule has 5 heteroatoms. The van der Waals surface area contributed by atoms with Crippen LogP contribution in [0.15, 0.2) is 35.4 Å². The summed E-state index contributed by atoms with van der Waals surface area (Å²) in [4.78, 5) is 23.7. The quantitative estimate of drug-likeness (QED) is 0.840. The number of aliphatic carboxylic acids is 1. The van der Waals surface area contributed by atoms with Gasteiger partial charge >= 0.3 is 5.97 Å². The van der Waals surface area contributed by atoms with Gasteiger partial charge in [-0.2, -0.15) is 0 Å². The minimum absolute atomic E-state index is 0.333.